The molecule has 1 heterocycles. The molecule has 27 heavy (non-hydrogen) atoms. The van der Waals surface area contributed by atoms with E-state index in [1.807, 2.05) is 6.92 Å². The Balaban J connectivity index is 1.68. The Hall–Kier alpha value is -1.40. The van der Waals surface area contributed by atoms with E-state index in [1.165, 1.54) is 57.1 Å². The van der Waals surface area contributed by atoms with Crippen molar-refractivity contribution < 1.29 is 17.5 Å². The van der Waals surface area contributed by atoms with Gasteiger partial charge in [0, 0.05) is 0 Å². The molecule has 0 aliphatic carbocycles. The van der Waals surface area contributed by atoms with Gasteiger partial charge in [-0.25, -0.2) is 0 Å². The van der Waals surface area contributed by atoms with E-state index in [0.29, 0.717) is 6.42 Å². The predicted octanol–water partition coefficient (Wildman–Crippen LogP) is 5.14. The highest BCUT2D eigenvalue weighted by Gasteiger charge is 2.40. The minimum Gasteiger partial charge on any atom is -0.272 e. The molecule has 1 aromatic rings. The molecule has 6 heteroatoms. The average Bonchev–Trinajstić information content (AvgIpc) is 2.64. The Morgan fingerprint density at radius 3 is 2.07 bits per heavy atom. The van der Waals surface area contributed by atoms with Gasteiger partial charge in [0.15, 0.2) is 0 Å². The summed E-state index contributed by atoms with van der Waals surface area (Å²) < 4.78 is 29.8. The third kappa shape index (κ3) is 6.92. The Morgan fingerprint density at radius 1 is 0.963 bits per heavy atom. The van der Waals surface area contributed by atoms with Crippen molar-refractivity contribution >= 4 is 16.0 Å². The average molecular weight is 396 g/mol. The zero-order valence-electron chi connectivity index (χ0n) is 16.7. The number of hydroxylamine groups is 2. The van der Waals surface area contributed by atoms with Crippen LogP contribution in [-0.4, -0.2) is 25.4 Å². The summed E-state index contributed by atoms with van der Waals surface area (Å²) in [6.07, 6.45) is 12.3. The van der Waals surface area contributed by atoms with Crippen LogP contribution in [0.1, 0.15) is 83.1 Å². The highest BCUT2D eigenvalue weighted by Crippen LogP contribution is 2.28. The van der Waals surface area contributed by atoms with Crippen molar-refractivity contribution in [3.8, 4) is 0 Å². The summed E-state index contributed by atoms with van der Waals surface area (Å²) in [4.78, 5) is 11.9. The number of unbranched alkanes of at least 4 members (excludes halogenated alkanes) is 8. The molecule has 152 valence electrons. The first-order valence-corrected chi connectivity index (χ1v) is 11.7. The minimum atomic E-state index is -3.95. The number of benzene rings is 1. The highest BCUT2D eigenvalue weighted by atomic mass is 32.2. The zero-order valence-corrected chi connectivity index (χ0v) is 17.5. The van der Waals surface area contributed by atoms with Gasteiger partial charge in [0.25, 0.3) is 0 Å². The molecular formula is C21H33NO4S. The van der Waals surface area contributed by atoms with E-state index in [-0.39, 0.29) is 16.8 Å². The molecule has 0 saturated carbocycles. The maximum atomic E-state index is 12.3. The van der Waals surface area contributed by atoms with Crippen LogP contribution in [0, 0.1) is 6.92 Å². The van der Waals surface area contributed by atoms with Crippen LogP contribution in [0.2, 0.25) is 0 Å². The van der Waals surface area contributed by atoms with Crippen LogP contribution < -0.4 is 0 Å². The molecule has 1 atom stereocenters. The quantitative estimate of drug-likeness (QED) is 0.343. The normalized spacial score (nSPS) is 17.2. The Bertz CT molecular complexity index is 685. The summed E-state index contributed by atoms with van der Waals surface area (Å²) in [7, 11) is -3.95. The summed E-state index contributed by atoms with van der Waals surface area (Å²) >= 11 is 0. The fourth-order valence-corrected chi connectivity index (χ4v) is 4.30. The van der Waals surface area contributed by atoms with Gasteiger partial charge in [0.05, 0.1) is 17.4 Å². The summed E-state index contributed by atoms with van der Waals surface area (Å²) in [6, 6.07) is 6.32. The van der Waals surface area contributed by atoms with E-state index in [2.05, 4.69) is 6.92 Å². The minimum absolute atomic E-state index is 0.0784. The second-order valence-corrected chi connectivity index (χ2v) is 9.07. The molecule has 1 fully saturated rings. The van der Waals surface area contributed by atoms with Crippen molar-refractivity contribution in [3.05, 3.63) is 29.8 Å². The molecule has 2 rings (SSSR count). The number of amides is 1. The monoisotopic (exact) mass is 395 g/mol. The highest BCUT2D eigenvalue weighted by molar-refractivity contribution is 7.86. The topological polar surface area (TPSA) is 63.7 Å². The van der Waals surface area contributed by atoms with Gasteiger partial charge >= 0.3 is 10.1 Å². The zero-order chi connectivity index (χ0) is 19.7. The van der Waals surface area contributed by atoms with E-state index in [1.54, 1.807) is 12.1 Å². The van der Waals surface area contributed by atoms with Gasteiger partial charge in [-0.15, -0.1) is 4.28 Å². The Morgan fingerprint density at radius 2 is 1.52 bits per heavy atom. The van der Waals surface area contributed by atoms with Crippen LogP contribution in [0.15, 0.2) is 29.2 Å². The molecule has 1 aliphatic rings. The number of hydrogen-bond donors (Lipinski definition) is 0. The maximum absolute atomic E-state index is 12.3. The van der Waals surface area contributed by atoms with Crippen molar-refractivity contribution in [1.82, 2.24) is 5.06 Å². The number of aryl methyl sites for hydroxylation is 1. The summed E-state index contributed by atoms with van der Waals surface area (Å²) in [6.45, 7) is 4.11. The molecular weight excluding hydrogens is 362 g/mol. The van der Waals surface area contributed by atoms with E-state index < -0.39 is 10.1 Å². The molecule has 0 aromatic heterocycles. The van der Waals surface area contributed by atoms with Crippen LogP contribution in [0.3, 0.4) is 0 Å². The molecule has 0 radical (unpaired) electrons. The molecule has 0 bridgehead atoms. The lowest BCUT2D eigenvalue weighted by molar-refractivity contribution is -0.189. The number of carbonyl (C=O) groups is 1. The van der Waals surface area contributed by atoms with Gasteiger partial charge in [-0.3, -0.25) is 4.79 Å². The summed E-state index contributed by atoms with van der Waals surface area (Å²) in [5.41, 5.74) is 0.970. The third-order valence-corrected chi connectivity index (χ3v) is 6.32. The first kappa shape index (κ1) is 21.9. The SMILES string of the molecule is CCCCCCCCCCC[C@@H]1CC(=O)N1OS(=O)(=O)c1ccc(C)cc1. The summed E-state index contributed by atoms with van der Waals surface area (Å²) in [5.74, 6) is -0.258. The van der Waals surface area contributed by atoms with Crippen LogP contribution >= 0.6 is 0 Å². The van der Waals surface area contributed by atoms with Crippen molar-refractivity contribution in [2.45, 2.75) is 95.4 Å². The smallest absolute Gasteiger partial charge is 0.272 e. The molecule has 1 aromatic carbocycles. The van der Waals surface area contributed by atoms with Crippen LogP contribution in [0.4, 0.5) is 0 Å². The van der Waals surface area contributed by atoms with Gasteiger partial charge in [-0.05, 0) is 25.5 Å². The Kier molecular flexibility index (Phi) is 8.77. The van der Waals surface area contributed by atoms with Crippen LogP contribution in [-0.2, 0) is 19.2 Å². The van der Waals surface area contributed by atoms with Gasteiger partial charge in [-0.2, -0.15) is 13.5 Å². The van der Waals surface area contributed by atoms with Crippen LogP contribution in [0.25, 0.3) is 0 Å². The second kappa shape index (κ2) is 10.8. The molecule has 5 nitrogen and oxygen atoms in total. The molecule has 0 spiro atoms. The van der Waals surface area contributed by atoms with Crippen molar-refractivity contribution in [1.29, 1.82) is 0 Å². The molecule has 1 aliphatic heterocycles. The van der Waals surface area contributed by atoms with E-state index in [9.17, 15) is 13.2 Å². The van der Waals surface area contributed by atoms with Gasteiger partial charge < -0.3 is 0 Å². The van der Waals surface area contributed by atoms with E-state index in [4.69, 9.17) is 4.28 Å². The van der Waals surface area contributed by atoms with Crippen LogP contribution in [0.5, 0.6) is 0 Å². The fourth-order valence-electron chi connectivity index (χ4n) is 3.33. The second-order valence-electron chi connectivity index (χ2n) is 7.54. The van der Waals surface area contributed by atoms with E-state index in [0.717, 1.165) is 29.9 Å². The number of nitrogens with zero attached hydrogens (tertiary/aromatic N) is 1. The predicted molar refractivity (Wildman–Crippen MR) is 107 cm³/mol. The lowest BCUT2D eigenvalue weighted by Gasteiger charge is -2.37. The summed E-state index contributed by atoms with van der Waals surface area (Å²) in [5, 5.41) is 1.06. The third-order valence-electron chi connectivity index (χ3n) is 5.12. The maximum Gasteiger partial charge on any atom is 0.317 e. The fraction of sp³-hybridized carbons (Fsp3) is 0.667. The molecule has 1 amide bonds. The molecule has 0 N–H and O–H groups in total. The molecule has 1 saturated heterocycles. The van der Waals surface area contributed by atoms with Crippen molar-refractivity contribution in [2.24, 2.45) is 0 Å². The lowest BCUT2D eigenvalue weighted by Crippen LogP contribution is -2.53. The van der Waals surface area contributed by atoms with Gasteiger partial charge in [0.2, 0.25) is 5.91 Å². The van der Waals surface area contributed by atoms with Crippen molar-refractivity contribution in [2.75, 3.05) is 0 Å². The largest absolute Gasteiger partial charge is 0.317 e. The Labute approximate surface area is 164 Å². The first-order chi connectivity index (χ1) is 12.9. The number of rotatable bonds is 13. The number of hydrogen-bond acceptors (Lipinski definition) is 4. The van der Waals surface area contributed by atoms with Gasteiger partial charge in [0.1, 0.15) is 0 Å². The number of β-lactam (4-membered cyclic amide) rings is 1. The standard InChI is InChI=1S/C21H33NO4S/c1-3-4-5-6-7-8-9-10-11-12-19-17-21(23)22(19)26-27(24,25)20-15-13-18(2)14-16-20/h13-16,19H,3-12,17H2,1-2H3/t19-/m1/s1. The lowest BCUT2D eigenvalue weighted by atomic mass is 9.98. The van der Waals surface area contributed by atoms with Crippen molar-refractivity contribution in [3.63, 3.8) is 0 Å². The molecule has 0 unspecified atom stereocenters. The van der Waals surface area contributed by atoms with Gasteiger partial charge in [-0.1, -0.05) is 82.4 Å². The van der Waals surface area contributed by atoms with E-state index >= 15 is 0 Å². The first-order valence-electron chi connectivity index (χ1n) is 10.3. The number of carbonyl (C=O) groups excluding carboxylic acids is 1.